The van der Waals surface area contributed by atoms with Crippen molar-refractivity contribution >= 4 is 23.2 Å². The van der Waals surface area contributed by atoms with Gasteiger partial charge in [-0.2, -0.15) is 0 Å². The van der Waals surface area contributed by atoms with Crippen molar-refractivity contribution in [2.24, 2.45) is 17.8 Å². The average Bonchev–Trinajstić information content (AvgIpc) is 3.18. The molecule has 1 spiro atoms. The van der Waals surface area contributed by atoms with Crippen LogP contribution < -0.4 is 21.9 Å². The van der Waals surface area contributed by atoms with E-state index in [9.17, 15) is 9.59 Å². The van der Waals surface area contributed by atoms with E-state index < -0.39 is 5.66 Å². The molecule has 2 bridgehead atoms. The second-order valence-corrected chi connectivity index (χ2v) is 8.95. The zero-order chi connectivity index (χ0) is 20.3. The number of aryl methyl sites for hydroxylation is 1. The maximum Gasteiger partial charge on any atom is 0.276 e. The highest BCUT2D eigenvalue weighted by molar-refractivity contribution is 5.97. The van der Waals surface area contributed by atoms with Gasteiger partial charge in [0.1, 0.15) is 35.0 Å². The number of nitrogens with one attached hydrogen (secondary N) is 2. The van der Waals surface area contributed by atoms with Crippen LogP contribution in [0.1, 0.15) is 55.1 Å². The summed E-state index contributed by atoms with van der Waals surface area (Å²) in [5.41, 5.74) is 6.52. The number of nitrogen functional groups attached to an aromatic ring is 1. The molecule has 2 aromatic heterocycles. The minimum absolute atomic E-state index is 0.151. The molecule has 8 nitrogen and oxygen atoms in total. The van der Waals surface area contributed by atoms with Crippen molar-refractivity contribution in [2.45, 2.75) is 51.6 Å². The van der Waals surface area contributed by atoms with Crippen molar-refractivity contribution < 1.29 is 4.79 Å². The second kappa shape index (κ2) is 6.30. The van der Waals surface area contributed by atoms with E-state index in [1.54, 1.807) is 16.7 Å². The van der Waals surface area contributed by atoms with Gasteiger partial charge in [0.25, 0.3) is 11.5 Å². The maximum atomic E-state index is 13.6. The monoisotopic (exact) mass is 394 g/mol. The molecule has 152 valence electrons. The molecule has 0 radical (unpaired) electrons. The van der Waals surface area contributed by atoms with Crippen LogP contribution in [-0.4, -0.2) is 20.4 Å². The van der Waals surface area contributed by atoms with Gasteiger partial charge in [0, 0.05) is 6.07 Å². The summed E-state index contributed by atoms with van der Waals surface area (Å²) in [4.78, 5) is 34.6. The number of fused-ring (bicyclic) bond motifs is 4. The van der Waals surface area contributed by atoms with E-state index in [2.05, 4.69) is 27.5 Å². The third-order valence-electron chi connectivity index (χ3n) is 7.04. The standard InChI is InChI=1S/C21H26N6O2/c1-11-5-15(25-17-8-16(22)23-10-24-17)20(29)27-18(11)19(28)26-21(27)9-14-4-3-13(7-14)6-12(21)2/h5,8,10,12-14H,3-4,6-7,9H2,1-2H3,(H,26,28)(H3,22,23,24,25)/t12?,13-,14-,21?/m1/s1. The Morgan fingerprint density at radius 1 is 1.21 bits per heavy atom. The Morgan fingerprint density at radius 3 is 2.79 bits per heavy atom. The first-order valence-electron chi connectivity index (χ1n) is 10.3. The summed E-state index contributed by atoms with van der Waals surface area (Å²) in [5.74, 6) is 2.04. The molecule has 2 aromatic rings. The molecule has 2 fully saturated rings. The van der Waals surface area contributed by atoms with Crippen LogP contribution in [0, 0.1) is 24.7 Å². The molecule has 8 heteroatoms. The van der Waals surface area contributed by atoms with Crippen molar-refractivity contribution in [3.63, 3.8) is 0 Å². The highest BCUT2D eigenvalue weighted by Crippen LogP contribution is 2.50. The van der Waals surface area contributed by atoms with Gasteiger partial charge in [0.2, 0.25) is 0 Å². The van der Waals surface area contributed by atoms with Gasteiger partial charge in [-0.3, -0.25) is 14.2 Å². The number of aromatic nitrogens is 3. The van der Waals surface area contributed by atoms with E-state index in [4.69, 9.17) is 5.73 Å². The fraction of sp³-hybridized carbons (Fsp3) is 0.524. The first-order valence-corrected chi connectivity index (χ1v) is 10.3. The lowest BCUT2D eigenvalue weighted by atomic mass is 9.82. The minimum Gasteiger partial charge on any atom is -0.384 e. The normalized spacial score (nSPS) is 30.1. The lowest BCUT2D eigenvalue weighted by molar-refractivity contribution is 0.0768. The lowest BCUT2D eigenvalue weighted by Gasteiger charge is -2.39. The summed E-state index contributed by atoms with van der Waals surface area (Å²) in [6, 6.07) is 3.30. The number of nitrogens with zero attached hydrogens (tertiary/aromatic N) is 3. The predicted molar refractivity (Wildman–Crippen MR) is 110 cm³/mol. The Hall–Kier alpha value is -2.90. The fourth-order valence-corrected chi connectivity index (χ4v) is 5.79. The first kappa shape index (κ1) is 18.1. The molecule has 29 heavy (non-hydrogen) atoms. The topological polar surface area (TPSA) is 115 Å². The van der Waals surface area contributed by atoms with Gasteiger partial charge in [0.05, 0.1) is 0 Å². The zero-order valence-corrected chi connectivity index (χ0v) is 16.7. The predicted octanol–water partition coefficient (Wildman–Crippen LogP) is 2.51. The van der Waals surface area contributed by atoms with Crippen molar-refractivity contribution in [2.75, 3.05) is 11.1 Å². The molecule has 0 aromatic carbocycles. The van der Waals surface area contributed by atoms with E-state index in [1.165, 1.54) is 25.6 Å². The largest absolute Gasteiger partial charge is 0.384 e. The minimum atomic E-state index is -0.656. The van der Waals surface area contributed by atoms with E-state index in [-0.39, 0.29) is 17.4 Å². The number of carbonyl (C=O) groups excluding carboxylic acids is 1. The number of anilines is 3. The van der Waals surface area contributed by atoms with E-state index in [0.717, 1.165) is 18.4 Å². The zero-order valence-electron chi connectivity index (χ0n) is 16.7. The molecule has 3 aliphatic rings. The Balaban J connectivity index is 1.65. The number of pyridine rings is 1. The summed E-state index contributed by atoms with van der Waals surface area (Å²) in [6.45, 7) is 4.04. The van der Waals surface area contributed by atoms with Crippen LogP contribution in [-0.2, 0) is 5.66 Å². The van der Waals surface area contributed by atoms with Gasteiger partial charge in [0.15, 0.2) is 0 Å². The first-order chi connectivity index (χ1) is 13.9. The maximum absolute atomic E-state index is 13.6. The molecule has 3 heterocycles. The SMILES string of the molecule is Cc1cc(Nc2cc(N)ncn2)c(=O)n2c1C(=O)NC21C[C@@H]2CC[C@H](CC1C)C2. The van der Waals surface area contributed by atoms with Gasteiger partial charge >= 0.3 is 0 Å². The molecule has 2 aliphatic carbocycles. The quantitative estimate of drug-likeness (QED) is 0.721. The van der Waals surface area contributed by atoms with Crippen molar-refractivity contribution in [3.05, 3.63) is 40.1 Å². The lowest BCUT2D eigenvalue weighted by Crippen LogP contribution is -2.53. The van der Waals surface area contributed by atoms with E-state index >= 15 is 0 Å². The van der Waals surface area contributed by atoms with Crippen LogP contribution >= 0.6 is 0 Å². The summed E-state index contributed by atoms with van der Waals surface area (Å²) < 4.78 is 1.74. The number of carbonyl (C=O) groups is 1. The van der Waals surface area contributed by atoms with Crippen molar-refractivity contribution in [1.29, 1.82) is 0 Å². The third-order valence-corrected chi connectivity index (χ3v) is 7.04. The summed E-state index contributed by atoms with van der Waals surface area (Å²) in [7, 11) is 0. The molecule has 5 rings (SSSR count). The van der Waals surface area contributed by atoms with Gasteiger partial charge in [-0.05, 0) is 55.6 Å². The molecule has 2 unspecified atom stereocenters. The third kappa shape index (κ3) is 2.73. The Morgan fingerprint density at radius 2 is 2.00 bits per heavy atom. The number of nitrogens with two attached hydrogens (primary N) is 1. The molecule has 4 atom stereocenters. The number of amides is 1. The van der Waals surface area contributed by atoms with Crippen LogP contribution in [0.25, 0.3) is 0 Å². The van der Waals surface area contributed by atoms with Crippen molar-refractivity contribution in [1.82, 2.24) is 19.9 Å². The van der Waals surface area contributed by atoms with Crippen LogP contribution in [0.2, 0.25) is 0 Å². The number of hydrogen-bond acceptors (Lipinski definition) is 6. The van der Waals surface area contributed by atoms with Crippen molar-refractivity contribution in [3.8, 4) is 0 Å². The molecule has 1 amide bonds. The fourth-order valence-electron chi connectivity index (χ4n) is 5.79. The second-order valence-electron chi connectivity index (χ2n) is 8.95. The molecule has 0 saturated heterocycles. The Bertz CT molecular complexity index is 1060. The average molecular weight is 394 g/mol. The smallest absolute Gasteiger partial charge is 0.276 e. The van der Waals surface area contributed by atoms with E-state index in [0.29, 0.717) is 34.9 Å². The molecule has 2 saturated carbocycles. The molecule has 4 N–H and O–H groups in total. The van der Waals surface area contributed by atoms with Crippen LogP contribution in [0.4, 0.5) is 17.3 Å². The highest BCUT2D eigenvalue weighted by atomic mass is 16.2. The molecular formula is C21H26N6O2. The van der Waals surface area contributed by atoms with Gasteiger partial charge < -0.3 is 16.4 Å². The summed E-state index contributed by atoms with van der Waals surface area (Å²) >= 11 is 0. The van der Waals surface area contributed by atoms with Gasteiger partial charge in [-0.15, -0.1) is 0 Å². The van der Waals surface area contributed by atoms with Gasteiger partial charge in [-0.25, -0.2) is 9.97 Å². The molecular weight excluding hydrogens is 368 g/mol. The Kier molecular flexibility index (Phi) is 3.94. The van der Waals surface area contributed by atoms with Gasteiger partial charge in [-0.1, -0.05) is 19.8 Å². The molecule has 1 aliphatic heterocycles. The summed E-state index contributed by atoms with van der Waals surface area (Å²) in [6.07, 6.45) is 6.83. The van der Waals surface area contributed by atoms with Crippen LogP contribution in [0.15, 0.2) is 23.3 Å². The Labute approximate surface area is 168 Å². The number of rotatable bonds is 2. The van der Waals surface area contributed by atoms with Crippen LogP contribution in [0.3, 0.4) is 0 Å². The van der Waals surface area contributed by atoms with Crippen LogP contribution in [0.5, 0.6) is 0 Å². The highest BCUT2D eigenvalue weighted by Gasteiger charge is 2.52. The van der Waals surface area contributed by atoms with E-state index in [1.807, 2.05) is 6.92 Å². The number of hydrogen-bond donors (Lipinski definition) is 3. The summed E-state index contributed by atoms with van der Waals surface area (Å²) in [5, 5.41) is 6.32.